The maximum absolute atomic E-state index is 8.24. The van der Waals surface area contributed by atoms with Gasteiger partial charge in [0.1, 0.15) is 0 Å². The van der Waals surface area contributed by atoms with Gasteiger partial charge in [0.15, 0.2) is 0 Å². The molecule has 0 N–H and O–H groups in total. The molecule has 32 valence electrons. The van der Waals surface area contributed by atoms with Crippen molar-refractivity contribution in [1.82, 2.24) is 0 Å². The molecule has 0 amide bonds. The Labute approximate surface area is 80.4 Å². The minimum absolute atomic E-state index is 0. The quantitative estimate of drug-likeness (QED) is 0.311. The molecule has 0 aromatic carbocycles. The van der Waals surface area contributed by atoms with E-state index in [0.717, 1.165) is 0 Å². The van der Waals surface area contributed by atoms with E-state index in [2.05, 4.69) is 0 Å². The predicted molar refractivity (Wildman–Crippen MR) is 23.9 cm³/mol. The van der Waals surface area contributed by atoms with Gasteiger partial charge in [-0.3, -0.25) is 9.59 Å². The molecule has 0 saturated heterocycles. The average Bonchev–Trinajstić information content (AvgIpc) is 1.39. The first-order valence-electron chi connectivity index (χ1n) is 0.855. The minimum Gasteiger partial charge on any atom is -0.724 e. The van der Waals surface area contributed by atoms with E-state index >= 15 is 0 Å². The van der Waals surface area contributed by atoms with Crippen molar-refractivity contribution in [2.45, 2.75) is 0 Å². The topological polar surface area (TPSA) is 78.7 Å². The molecule has 0 aliphatic carbocycles. The van der Waals surface area contributed by atoms with E-state index in [1.807, 2.05) is 0 Å². The molecule has 0 fully saturated rings. The normalized spacial score (nSPS) is 2.29. The maximum Gasteiger partial charge on any atom is 2.00 e. The molecule has 0 aliphatic heterocycles. The third kappa shape index (κ3) is 1080. The smallest absolute Gasteiger partial charge is 0.724 e. The van der Waals surface area contributed by atoms with Gasteiger partial charge >= 0.3 is 48.9 Å². The Morgan fingerprint density at radius 3 is 1.00 bits per heavy atom. The summed E-state index contributed by atoms with van der Waals surface area (Å²) < 4.78 is 0. The zero-order valence-corrected chi connectivity index (χ0v) is 7.86. The van der Waals surface area contributed by atoms with E-state index in [4.69, 9.17) is 20.4 Å². The fraction of sp³-hybridized carbons (Fsp3) is 0. The fourth-order valence-corrected chi connectivity index (χ4v) is 0. The molecule has 0 spiro atoms. The van der Waals surface area contributed by atoms with Gasteiger partial charge < -0.3 is 10.8 Å². The molecule has 0 atom stereocenters. The van der Waals surface area contributed by atoms with Crippen LogP contribution in [0.5, 0.6) is 0 Å². The summed E-state index contributed by atoms with van der Waals surface area (Å²) >= 11 is 0. The van der Waals surface area contributed by atoms with E-state index in [1.54, 1.807) is 0 Å². The molecular weight excluding hydrogens is 221 g/mol. The van der Waals surface area contributed by atoms with Crippen LogP contribution in [0.25, 0.3) is 10.8 Å². The predicted octanol–water partition coefficient (Wildman–Crippen LogP) is -0.598. The van der Waals surface area contributed by atoms with Gasteiger partial charge in [-0.05, 0) is 12.2 Å². The first kappa shape index (κ1) is 15.7. The van der Waals surface area contributed by atoms with Crippen molar-refractivity contribution in [3.8, 4) is 0 Å². The summed E-state index contributed by atoms with van der Waals surface area (Å²) in [5.74, 6) is 0. The first-order chi connectivity index (χ1) is 2.83. The van der Waals surface area contributed by atoms with Gasteiger partial charge in [0.2, 0.25) is 0 Å². The summed E-state index contributed by atoms with van der Waals surface area (Å²) in [6.07, 6.45) is 1.00. The Morgan fingerprint density at radius 1 is 1.00 bits per heavy atom. The maximum atomic E-state index is 8.24. The standard InChI is InChI=1S/2CNO.Ba/c2*2-1-3;/q2*-1;+2. The molecule has 0 heterocycles. The Morgan fingerprint density at radius 2 is 1.00 bits per heavy atom. The zero-order valence-electron chi connectivity index (χ0n) is 3.42. The van der Waals surface area contributed by atoms with Crippen LogP contribution in [0.1, 0.15) is 0 Å². The Hall–Kier alpha value is 0.331. The van der Waals surface area contributed by atoms with Crippen LogP contribution >= 0.6 is 0 Å². The van der Waals surface area contributed by atoms with E-state index < -0.39 is 0 Å². The molecule has 0 unspecified atom stereocenters. The Balaban J connectivity index is -0.0000000400. The second-order valence-electron chi connectivity index (χ2n) is 0.183. The van der Waals surface area contributed by atoms with Crippen molar-refractivity contribution in [1.29, 1.82) is 0 Å². The van der Waals surface area contributed by atoms with Crippen molar-refractivity contribution >= 4 is 61.0 Å². The molecule has 0 radical (unpaired) electrons. The van der Waals surface area contributed by atoms with Crippen LogP contribution in [-0.4, -0.2) is 61.0 Å². The summed E-state index contributed by atoms with van der Waals surface area (Å²) in [5, 5.41) is 13.5. The molecular formula is C2BaN2O2. The number of rotatable bonds is 0. The molecule has 0 aromatic rings. The fourth-order valence-electron chi connectivity index (χ4n) is 0. The Bertz CT molecular complexity index is 67.7. The first-order valence-corrected chi connectivity index (χ1v) is 0.855. The second kappa shape index (κ2) is 33.1. The van der Waals surface area contributed by atoms with Crippen LogP contribution < -0.4 is 0 Å². The molecule has 0 aliphatic rings. The molecule has 5 heteroatoms. The van der Waals surface area contributed by atoms with E-state index in [1.165, 1.54) is 0 Å². The molecule has 7 heavy (non-hydrogen) atoms. The minimum atomic E-state index is 0. The molecule has 0 saturated carbocycles. The molecule has 0 rings (SSSR count). The zero-order chi connectivity index (χ0) is 5.41. The summed E-state index contributed by atoms with van der Waals surface area (Å²) in [5.41, 5.74) is 0. The summed E-state index contributed by atoms with van der Waals surface area (Å²) in [6, 6.07) is 0. The van der Waals surface area contributed by atoms with Gasteiger partial charge in [0.25, 0.3) is 0 Å². The molecule has 4 nitrogen and oxygen atoms in total. The molecule has 0 bridgehead atoms. The third-order valence-corrected chi connectivity index (χ3v) is 0. The second-order valence-corrected chi connectivity index (χ2v) is 0.183. The summed E-state index contributed by atoms with van der Waals surface area (Å²) in [4.78, 5) is 16.5. The molecule has 0 aromatic heterocycles. The largest absolute Gasteiger partial charge is 2.00 e. The SMILES string of the molecule is [Ba+2].[N-]=C=O.[N-]=C=O. The van der Waals surface area contributed by atoms with Gasteiger partial charge in [-0.1, -0.05) is 0 Å². The average molecular weight is 221 g/mol. The third-order valence-electron chi connectivity index (χ3n) is 0. The van der Waals surface area contributed by atoms with Gasteiger partial charge in [0, 0.05) is 0 Å². The van der Waals surface area contributed by atoms with Gasteiger partial charge in [0.05, 0.1) is 0 Å². The van der Waals surface area contributed by atoms with Crippen LogP contribution in [0.3, 0.4) is 0 Å². The van der Waals surface area contributed by atoms with E-state index in [0.29, 0.717) is 12.2 Å². The Kier molecular flexibility index (Phi) is 74.1. The van der Waals surface area contributed by atoms with Crippen molar-refractivity contribution in [2.75, 3.05) is 0 Å². The number of carbonyl (C=O) groups excluding carboxylic acids is 2. The van der Waals surface area contributed by atoms with Crippen LogP contribution in [0.4, 0.5) is 0 Å². The van der Waals surface area contributed by atoms with Gasteiger partial charge in [-0.15, -0.1) is 0 Å². The van der Waals surface area contributed by atoms with Gasteiger partial charge in [-0.2, -0.15) is 0 Å². The summed E-state index contributed by atoms with van der Waals surface area (Å²) in [7, 11) is 0. The van der Waals surface area contributed by atoms with Crippen LogP contribution in [0.15, 0.2) is 0 Å². The van der Waals surface area contributed by atoms with E-state index in [-0.39, 0.29) is 48.9 Å². The van der Waals surface area contributed by atoms with Crippen molar-refractivity contribution < 1.29 is 9.59 Å². The number of isocyanates is 2. The van der Waals surface area contributed by atoms with Crippen molar-refractivity contribution in [3.63, 3.8) is 0 Å². The number of nitrogens with zero attached hydrogens (tertiary/aromatic N) is 2. The summed E-state index contributed by atoms with van der Waals surface area (Å²) in [6.45, 7) is 0. The van der Waals surface area contributed by atoms with Crippen molar-refractivity contribution in [2.24, 2.45) is 0 Å². The van der Waals surface area contributed by atoms with Crippen LogP contribution in [0.2, 0.25) is 0 Å². The van der Waals surface area contributed by atoms with Crippen LogP contribution in [-0.2, 0) is 9.59 Å². The number of hydrogen-bond donors (Lipinski definition) is 0. The van der Waals surface area contributed by atoms with Crippen molar-refractivity contribution in [3.05, 3.63) is 10.8 Å². The number of hydrogen-bond acceptors (Lipinski definition) is 2. The monoisotopic (exact) mass is 222 g/mol. The van der Waals surface area contributed by atoms with Crippen LogP contribution in [0, 0.1) is 0 Å². The van der Waals surface area contributed by atoms with E-state index in [9.17, 15) is 0 Å². The van der Waals surface area contributed by atoms with Gasteiger partial charge in [-0.25, -0.2) is 0 Å².